The van der Waals surface area contributed by atoms with Gasteiger partial charge >= 0.3 is 0 Å². The molecular formula is C20H28N2O2. The molecule has 0 bridgehead atoms. The summed E-state index contributed by atoms with van der Waals surface area (Å²) in [6.45, 7) is 5.56. The van der Waals surface area contributed by atoms with Crippen molar-refractivity contribution in [2.24, 2.45) is 5.92 Å². The monoisotopic (exact) mass is 328 g/mol. The lowest BCUT2D eigenvalue weighted by Gasteiger charge is -2.35. The molecular weight excluding hydrogens is 300 g/mol. The largest absolute Gasteiger partial charge is 0.493 e. The molecule has 0 N–H and O–H groups in total. The van der Waals surface area contributed by atoms with E-state index in [-0.39, 0.29) is 0 Å². The molecule has 130 valence electrons. The third-order valence-corrected chi connectivity index (χ3v) is 5.82. The summed E-state index contributed by atoms with van der Waals surface area (Å²) in [5, 5.41) is 0. The second kappa shape index (κ2) is 7.14. The van der Waals surface area contributed by atoms with Crippen LogP contribution in [0.1, 0.15) is 43.2 Å². The van der Waals surface area contributed by atoms with Crippen molar-refractivity contribution in [1.29, 1.82) is 0 Å². The first-order valence-corrected chi connectivity index (χ1v) is 9.53. The molecule has 4 rings (SSSR count). The van der Waals surface area contributed by atoms with Crippen molar-refractivity contribution in [2.45, 2.75) is 45.1 Å². The number of carbonyl (C=O) groups is 1. The van der Waals surface area contributed by atoms with Crippen LogP contribution < -0.4 is 4.74 Å². The summed E-state index contributed by atoms with van der Waals surface area (Å²) < 4.78 is 5.58. The number of amides is 1. The van der Waals surface area contributed by atoms with E-state index in [1.807, 2.05) is 0 Å². The molecule has 2 heterocycles. The lowest BCUT2D eigenvalue weighted by atomic mass is 10.0. The first kappa shape index (κ1) is 15.9. The van der Waals surface area contributed by atoms with Crippen molar-refractivity contribution in [3.63, 3.8) is 0 Å². The van der Waals surface area contributed by atoms with Crippen molar-refractivity contribution in [2.75, 3.05) is 32.8 Å². The Labute approximate surface area is 144 Å². The minimum absolute atomic E-state index is 0.385. The first-order valence-electron chi connectivity index (χ1n) is 9.53. The Morgan fingerprint density at radius 3 is 2.71 bits per heavy atom. The van der Waals surface area contributed by atoms with E-state index in [2.05, 4.69) is 28.0 Å². The van der Waals surface area contributed by atoms with E-state index in [1.165, 1.54) is 36.8 Å². The maximum absolute atomic E-state index is 12.4. The summed E-state index contributed by atoms with van der Waals surface area (Å²) in [5.74, 6) is 2.10. The van der Waals surface area contributed by atoms with Gasteiger partial charge in [-0.2, -0.15) is 0 Å². The molecule has 1 aromatic carbocycles. The summed E-state index contributed by atoms with van der Waals surface area (Å²) in [7, 11) is 0. The van der Waals surface area contributed by atoms with Gasteiger partial charge in [0.1, 0.15) is 5.75 Å². The highest BCUT2D eigenvalue weighted by Gasteiger charge is 2.25. The lowest BCUT2D eigenvalue weighted by Crippen LogP contribution is -2.48. The fraction of sp³-hybridized carbons (Fsp3) is 0.650. The number of nitrogens with zero attached hydrogens (tertiary/aromatic N) is 2. The van der Waals surface area contributed by atoms with Crippen LogP contribution in [0.5, 0.6) is 5.75 Å². The number of carbonyl (C=O) groups excluding carboxylic acids is 1. The average molecular weight is 328 g/mol. The maximum atomic E-state index is 12.4. The summed E-state index contributed by atoms with van der Waals surface area (Å²) in [6, 6.07) is 6.58. The van der Waals surface area contributed by atoms with Crippen molar-refractivity contribution >= 4 is 5.91 Å². The van der Waals surface area contributed by atoms with Crippen molar-refractivity contribution in [3.05, 3.63) is 29.3 Å². The van der Waals surface area contributed by atoms with Crippen LogP contribution in [0.2, 0.25) is 0 Å². The molecule has 1 saturated carbocycles. The molecule has 24 heavy (non-hydrogen) atoms. The smallest absolute Gasteiger partial charge is 0.222 e. The second-order valence-electron chi connectivity index (χ2n) is 7.55. The fourth-order valence-electron chi connectivity index (χ4n) is 4.34. The summed E-state index contributed by atoms with van der Waals surface area (Å²) in [4.78, 5) is 17.0. The normalized spacial score (nSPS) is 21.8. The van der Waals surface area contributed by atoms with E-state index in [0.29, 0.717) is 11.8 Å². The van der Waals surface area contributed by atoms with Crippen molar-refractivity contribution in [3.8, 4) is 5.75 Å². The van der Waals surface area contributed by atoms with Gasteiger partial charge in [-0.05, 0) is 36.0 Å². The zero-order valence-corrected chi connectivity index (χ0v) is 14.5. The predicted molar refractivity (Wildman–Crippen MR) is 94.1 cm³/mol. The third kappa shape index (κ3) is 3.59. The van der Waals surface area contributed by atoms with Gasteiger partial charge in [-0.1, -0.05) is 25.0 Å². The van der Waals surface area contributed by atoms with E-state index in [9.17, 15) is 4.79 Å². The molecule has 2 fully saturated rings. The molecule has 2 aliphatic heterocycles. The van der Waals surface area contributed by atoms with Crippen LogP contribution in [-0.2, 0) is 17.8 Å². The lowest BCUT2D eigenvalue weighted by molar-refractivity contribution is -0.134. The number of ether oxygens (including phenoxy) is 1. The number of hydrogen-bond acceptors (Lipinski definition) is 3. The zero-order valence-electron chi connectivity index (χ0n) is 14.5. The molecule has 1 aliphatic carbocycles. The van der Waals surface area contributed by atoms with E-state index in [1.54, 1.807) is 0 Å². The topological polar surface area (TPSA) is 32.8 Å². The highest BCUT2D eigenvalue weighted by atomic mass is 16.5. The Balaban J connectivity index is 1.26. The molecule has 4 nitrogen and oxygen atoms in total. The number of benzene rings is 1. The van der Waals surface area contributed by atoms with Crippen LogP contribution in [0.25, 0.3) is 0 Å². The Bertz CT molecular complexity index is 587. The van der Waals surface area contributed by atoms with Crippen LogP contribution in [0.3, 0.4) is 0 Å². The minimum atomic E-state index is 0.385. The molecule has 1 saturated heterocycles. The Morgan fingerprint density at radius 1 is 1.12 bits per heavy atom. The van der Waals surface area contributed by atoms with Gasteiger partial charge < -0.3 is 9.64 Å². The Kier molecular flexibility index (Phi) is 4.74. The molecule has 0 aromatic heterocycles. The van der Waals surface area contributed by atoms with Crippen LogP contribution in [0.15, 0.2) is 18.2 Å². The molecule has 3 aliphatic rings. The van der Waals surface area contributed by atoms with Gasteiger partial charge in [0.05, 0.1) is 6.61 Å². The summed E-state index contributed by atoms with van der Waals surface area (Å²) in [5.41, 5.74) is 2.71. The van der Waals surface area contributed by atoms with Gasteiger partial charge in [0.25, 0.3) is 0 Å². The van der Waals surface area contributed by atoms with Crippen molar-refractivity contribution < 1.29 is 9.53 Å². The summed E-state index contributed by atoms with van der Waals surface area (Å²) >= 11 is 0. The number of rotatable bonds is 4. The van der Waals surface area contributed by atoms with Gasteiger partial charge in [0.2, 0.25) is 5.91 Å². The Morgan fingerprint density at radius 2 is 1.92 bits per heavy atom. The maximum Gasteiger partial charge on any atom is 0.222 e. The number of hydrogen-bond donors (Lipinski definition) is 0. The van der Waals surface area contributed by atoms with E-state index >= 15 is 0 Å². The molecule has 0 radical (unpaired) electrons. The van der Waals surface area contributed by atoms with Gasteiger partial charge in [0.15, 0.2) is 0 Å². The van der Waals surface area contributed by atoms with Gasteiger partial charge in [0, 0.05) is 45.6 Å². The Hall–Kier alpha value is -1.55. The molecule has 0 atom stereocenters. The standard InChI is InChI=1S/C20H28N2O2/c23-20(14-16-3-1-2-4-16)22-10-8-21(9-11-22)15-17-5-6-19-18(13-17)7-12-24-19/h5-6,13,16H,1-4,7-12,14-15H2. The summed E-state index contributed by atoms with van der Waals surface area (Å²) in [6.07, 6.45) is 6.97. The fourth-order valence-corrected chi connectivity index (χ4v) is 4.34. The molecule has 4 heteroatoms. The molecule has 0 spiro atoms. The van der Waals surface area contributed by atoms with E-state index < -0.39 is 0 Å². The van der Waals surface area contributed by atoms with Gasteiger partial charge in [-0.25, -0.2) is 0 Å². The average Bonchev–Trinajstić information content (AvgIpc) is 3.26. The highest BCUT2D eigenvalue weighted by molar-refractivity contribution is 5.76. The molecule has 0 unspecified atom stereocenters. The molecule has 1 aromatic rings. The number of fused-ring (bicyclic) bond motifs is 1. The van der Waals surface area contributed by atoms with E-state index in [4.69, 9.17) is 4.74 Å². The molecule has 1 amide bonds. The SMILES string of the molecule is O=C(CC1CCCC1)N1CCN(Cc2ccc3c(c2)CCO3)CC1. The third-order valence-electron chi connectivity index (χ3n) is 5.82. The zero-order chi connectivity index (χ0) is 16.4. The van der Waals surface area contributed by atoms with Gasteiger partial charge in [-0.15, -0.1) is 0 Å². The quantitative estimate of drug-likeness (QED) is 0.852. The van der Waals surface area contributed by atoms with Crippen LogP contribution in [-0.4, -0.2) is 48.5 Å². The first-order chi connectivity index (χ1) is 11.8. The highest BCUT2D eigenvalue weighted by Crippen LogP contribution is 2.28. The number of piperazine rings is 1. The van der Waals surface area contributed by atoms with Crippen LogP contribution >= 0.6 is 0 Å². The van der Waals surface area contributed by atoms with Crippen LogP contribution in [0.4, 0.5) is 0 Å². The van der Waals surface area contributed by atoms with Crippen molar-refractivity contribution in [1.82, 2.24) is 9.80 Å². The second-order valence-corrected chi connectivity index (χ2v) is 7.55. The van der Waals surface area contributed by atoms with Crippen LogP contribution in [0, 0.1) is 5.92 Å². The van der Waals surface area contributed by atoms with E-state index in [0.717, 1.165) is 57.9 Å². The minimum Gasteiger partial charge on any atom is -0.493 e. The predicted octanol–water partition coefficient (Wildman–Crippen LogP) is 2.85. The van der Waals surface area contributed by atoms with Gasteiger partial charge in [-0.3, -0.25) is 9.69 Å².